The van der Waals surface area contributed by atoms with E-state index >= 15 is 0 Å². The molecule has 0 aromatic heterocycles. The molecule has 3 heteroatoms. The molecule has 0 aromatic carbocycles. The first kappa shape index (κ1) is 16.1. The first-order valence-electron chi connectivity index (χ1n) is 9.35. The van der Waals surface area contributed by atoms with E-state index in [2.05, 4.69) is 26.8 Å². The maximum atomic E-state index is 10.9. The minimum Gasteiger partial charge on any atom is -0.393 e. The predicted octanol–water partition coefficient (Wildman–Crippen LogP) is 3.03. The molecule has 3 fully saturated rings. The van der Waals surface area contributed by atoms with Gasteiger partial charge in [-0.3, -0.25) is 0 Å². The molecule has 0 heterocycles. The molecular weight excluding hydrogens is 288 g/mol. The molecule has 0 aliphatic heterocycles. The molecule has 3 saturated carbocycles. The van der Waals surface area contributed by atoms with Crippen molar-refractivity contribution in [3.63, 3.8) is 0 Å². The van der Waals surface area contributed by atoms with Crippen LogP contribution in [0, 0.1) is 28.1 Å². The lowest BCUT2D eigenvalue weighted by Crippen LogP contribution is -2.59. The van der Waals surface area contributed by atoms with Crippen molar-refractivity contribution in [2.45, 2.75) is 84.0 Å². The summed E-state index contributed by atoms with van der Waals surface area (Å²) >= 11 is 0. The fourth-order valence-corrected chi connectivity index (χ4v) is 7.15. The number of hydrogen-bond acceptors (Lipinski definition) is 3. The predicted molar refractivity (Wildman–Crippen MR) is 89.7 cm³/mol. The van der Waals surface area contributed by atoms with Gasteiger partial charge in [-0.1, -0.05) is 26.8 Å². The van der Waals surface area contributed by atoms with E-state index in [1.807, 2.05) is 6.92 Å². The third kappa shape index (κ3) is 1.72. The number of fused-ring (bicyclic) bond motifs is 2. The maximum absolute atomic E-state index is 10.9. The number of allylic oxidation sites excluding steroid dienone is 1. The molecule has 3 N–H and O–H groups in total. The van der Waals surface area contributed by atoms with E-state index in [9.17, 15) is 15.3 Å². The molecule has 130 valence electrons. The SMILES string of the molecule is CC1(C)[C@H](O)CC[C@@]2(C)[C@H]1CC=C1[C@H](O)[C@@H]3C[C@@]12CC[C@@]3(C)O. The van der Waals surface area contributed by atoms with E-state index in [1.54, 1.807) is 0 Å². The summed E-state index contributed by atoms with van der Waals surface area (Å²) in [7, 11) is 0. The van der Waals surface area contributed by atoms with E-state index in [0.717, 1.165) is 38.5 Å². The fourth-order valence-electron chi connectivity index (χ4n) is 7.15. The lowest BCUT2D eigenvalue weighted by Gasteiger charge is -2.64. The van der Waals surface area contributed by atoms with Gasteiger partial charge in [0.2, 0.25) is 0 Å². The highest BCUT2D eigenvalue weighted by Gasteiger charge is 2.69. The van der Waals surface area contributed by atoms with Crippen LogP contribution in [-0.2, 0) is 0 Å². The van der Waals surface area contributed by atoms with Crippen molar-refractivity contribution in [2.75, 3.05) is 0 Å². The van der Waals surface area contributed by atoms with Gasteiger partial charge in [0.25, 0.3) is 0 Å². The zero-order valence-corrected chi connectivity index (χ0v) is 15.0. The van der Waals surface area contributed by atoms with E-state index in [4.69, 9.17) is 0 Å². The number of hydrogen-bond donors (Lipinski definition) is 3. The highest BCUT2D eigenvalue weighted by molar-refractivity contribution is 5.37. The van der Waals surface area contributed by atoms with Gasteiger partial charge >= 0.3 is 0 Å². The molecule has 3 nitrogen and oxygen atoms in total. The van der Waals surface area contributed by atoms with Crippen molar-refractivity contribution in [3.8, 4) is 0 Å². The average molecular weight is 320 g/mol. The zero-order valence-electron chi connectivity index (χ0n) is 15.0. The Hall–Kier alpha value is -0.380. The van der Waals surface area contributed by atoms with Gasteiger partial charge in [-0.05, 0) is 67.8 Å². The van der Waals surface area contributed by atoms with Gasteiger partial charge in [0, 0.05) is 11.3 Å². The van der Waals surface area contributed by atoms with E-state index in [0.29, 0.717) is 5.92 Å². The lowest BCUT2D eigenvalue weighted by atomic mass is 9.41. The first-order chi connectivity index (χ1) is 10.6. The molecule has 4 aliphatic carbocycles. The lowest BCUT2D eigenvalue weighted by molar-refractivity contribution is -0.162. The van der Waals surface area contributed by atoms with E-state index < -0.39 is 11.7 Å². The molecule has 0 saturated heterocycles. The normalized spacial score (nSPS) is 57.4. The molecule has 4 aliphatic rings. The van der Waals surface area contributed by atoms with Crippen molar-refractivity contribution in [1.29, 1.82) is 0 Å². The van der Waals surface area contributed by atoms with Gasteiger partial charge in [-0.25, -0.2) is 0 Å². The Labute approximate surface area is 139 Å². The van der Waals surface area contributed by atoms with Crippen molar-refractivity contribution < 1.29 is 15.3 Å². The second kappa shape index (κ2) is 4.42. The summed E-state index contributed by atoms with van der Waals surface area (Å²) in [5.41, 5.74) is 0.517. The fraction of sp³-hybridized carbons (Fsp3) is 0.900. The Kier molecular flexibility index (Phi) is 3.09. The highest BCUT2D eigenvalue weighted by Crippen LogP contribution is 2.73. The van der Waals surface area contributed by atoms with Gasteiger partial charge in [0.05, 0.1) is 17.8 Å². The standard InChI is InChI=1S/C20H32O3/c1-17(2)14-6-5-12-16(22)13-11-20(12,10-9-19(13,4)23)18(14,3)8-7-15(17)21/h5,13-16,21-23H,6-11H2,1-4H3/t13-,14-,15+,16-,18-,19+,20-/m0/s1. The quantitative estimate of drug-likeness (QED) is 0.601. The second-order valence-corrected chi connectivity index (χ2v) is 9.94. The van der Waals surface area contributed by atoms with E-state index in [1.165, 1.54) is 5.57 Å². The summed E-state index contributed by atoms with van der Waals surface area (Å²) in [6, 6.07) is 0. The Balaban J connectivity index is 1.84. The monoisotopic (exact) mass is 320 g/mol. The maximum Gasteiger partial charge on any atom is 0.0811 e. The van der Waals surface area contributed by atoms with Gasteiger partial charge in [0.1, 0.15) is 0 Å². The van der Waals surface area contributed by atoms with Crippen LogP contribution in [0.1, 0.15) is 66.2 Å². The molecule has 7 atom stereocenters. The van der Waals surface area contributed by atoms with Crippen molar-refractivity contribution in [3.05, 3.63) is 11.6 Å². The van der Waals surface area contributed by atoms with Gasteiger partial charge in [-0.2, -0.15) is 0 Å². The second-order valence-electron chi connectivity index (χ2n) is 9.94. The smallest absolute Gasteiger partial charge is 0.0811 e. The summed E-state index contributed by atoms with van der Waals surface area (Å²) in [5.74, 6) is 0.407. The van der Waals surface area contributed by atoms with Crippen LogP contribution < -0.4 is 0 Å². The number of aliphatic hydroxyl groups is 3. The van der Waals surface area contributed by atoms with Crippen molar-refractivity contribution in [2.24, 2.45) is 28.1 Å². The van der Waals surface area contributed by atoms with Crippen LogP contribution in [0.2, 0.25) is 0 Å². The minimum atomic E-state index is -0.752. The molecule has 2 bridgehead atoms. The summed E-state index contributed by atoms with van der Waals surface area (Å²) in [5, 5.41) is 32.3. The Morgan fingerprint density at radius 1 is 1.04 bits per heavy atom. The van der Waals surface area contributed by atoms with Crippen LogP contribution in [0.15, 0.2) is 11.6 Å². The van der Waals surface area contributed by atoms with Crippen molar-refractivity contribution >= 4 is 0 Å². The Morgan fingerprint density at radius 3 is 2.43 bits per heavy atom. The number of rotatable bonds is 0. The minimum absolute atomic E-state index is 0.0274. The van der Waals surface area contributed by atoms with E-state index in [-0.39, 0.29) is 28.3 Å². The van der Waals surface area contributed by atoms with Crippen LogP contribution in [0.3, 0.4) is 0 Å². The Bertz CT molecular complexity index is 563. The summed E-state index contributed by atoms with van der Waals surface area (Å²) in [6.45, 7) is 8.75. The molecule has 0 aromatic rings. The molecular formula is C20H32O3. The largest absolute Gasteiger partial charge is 0.393 e. The average Bonchev–Trinajstić information content (AvgIpc) is 2.74. The summed E-state index contributed by atoms with van der Waals surface area (Å²) in [4.78, 5) is 0. The third-order valence-electron chi connectivity index (χ3n) is 8.81. The number of aliphatic hydroxyl groups excluding tert-OH is 2. The van der Waals surface area contributed by atoms with Crippen LogP contribution in [0.4, 0.5) is 0 Å². The molecule has 1 spiro atoms. The van der Waals surface area contributed by atoms with Gasteiger partial charge in [-0.15, -0.1) is 0 Å². The van der Waals surface area contributed by atoms with Gasteiger partial charge < -0.3 is 15.3 Å². The van der Waals surface area contributed by atoms with Crippen LogP contribution in [-0.4, -0.2) is 33.1 Å². The Morgan fingerprint density at radius 2 is 1.74 bits per heavy atom. The topological polar surface area (TPSA) is 60.7 Å². The highest BCUT2D eigenvalue weighted by atomic mass is 16.3. The summed E-state index contributed by atoms with van der Waals surface area (Å²) < 4.78 is 0. The van der Waals surface area contributed by atoms with Crippen molar-refractivity contribution in [1.82, 2.24) is 0 Å². The molecule has 0 radical (unpaired) electrons. The van der Waals surface area contributed by atoms with Crippen LogP contribution in [0.25, 0.3) is 0 Å². The molecule has 23 heavy (non-hydrogen) atoms. The molecule has 0 amide bonds. The third-order valence-corrected chi connectivity index (χ3v) is 8.81. The molecule has 4 rings (SSSR count). The first-order valence-corrected chi connectivity index (χ1v) is 9.35. The van der Waals surface area contributed by atoms with Crippen LogP contribution in [0.5, 0.6) is 0 Å². The summed E-state index contributed by atoms with van der Waals surface area (Å²) in [6.07, 6.45) is 7.04. The zero-order chi connectivity index (χ0) is 16.8. The van der Waals surface area contributed by atoms with Crippen LogP contribution >= 0.6 is 0 Å². The molecule has 0 unspecified atom stereocenters. The van der Waals surface area contributed by atoms with Gasteiger partial charge in [0.15, 0.2) is 0 Å².